The van der Waals surface area contributed by atoms with Gasteiger partial charge in [0.1, 0.15) is 5.52 Å². The monoisotopic (exact) mass is 255 g/mol. The van der Waals surface area contributed by atoms with Crippen LogP contribution in [0.5, 0.6) is 0 Å². The van der Waals surface area contributed by atoms with E-state index in [-0.39, 0.29) is 5.69 Å². The molecule has 0 fully saturated rings. The fourth-order valence-corrected chi connectivity index (χ4v) is 1.62. The van der Waals surface area contributed by atoms with Crippen molar-refractivity contribution in [3.63, 3.8) is 0 Å². The summed E-state index contributed by atoms with van der Waals surface area (Å²) in [6.45, 7) is 0. The van der Waals surface area contributed by atoms with Crippen LogP contribution in [0.25, 0.3) is 11.0 Å². The fraction of sp³-hybridized carbons (Fsp3) is 0.125. The summed E-state index contributed by atoms with van der Waals surface area (Å²) in [7, 11) is 1.80. The first-order valence-electron chi connectivity index (χ1n) is 3.81. The topological polar surface area (TPSA) is 68.0 Å². The number of imidazole rings is 1. The normalized spacial score (nSPS) is 10.7. The van der Waals surface area contributed by atoms with Gasteiger partial charge in [-0.25, -0.2) is 14.8 Å². The number of carbonyl (C=O) groups is 1. The van der Waals surface area contributed by atoms with Crippen molar-refractivity contribution < 1.29 is 9.90 Å². The van der Waals surface area contributed by atoms with Crippen LogP contribution in [0.2, 0.25) is 0 Å². The maximum atomic E-state index is 10.8. The number of hydrogen-bond acceptors (Lipinski definition) is 3. The highest BCUT2D eigenvalue weighted by Crippen LogP contribution is 2.20. The standard InChI is InChI=1S/C8H6BrN3O2/c1-12-4-2-3-10-6(7(13)14)5(4)11-8(12)9/h2-3H,1H3,(H,13,14). The van der Waals surface area contributed by atoms with Crippen LogP contribution in [0.1, 0.15) is 10.5 Å². The average Bonchev–Trinajstić information content (AvgIpc) is 2.43. The van der Waals surface area contributed by atoms with Crippen molar-refractivity contribution in [1.29, 1.82) is 0 Å². The molecule has 0 amide bonds. The van der Waals surface area contributed by atoms with Gasteiger partial charge in [-0.1, -0.05) is 0 Å². The van der Waals surface area contributed by atoms with Crippen LogP contribution >= 0.6 is 15.9 Å². The first kappa shape index (κ1) is 9.14. The third-order valence-corrected chi connectivity index (χ3v) is 2.66. The maximum absolute atomic E-state index is 10.8. The van der Waals surface area contributed by atoms with Crippen molar-refractivity contribution >= 4 is 32.9 Å². The van der Waals surface area contributed by atoms with Gasteiger partial charge in [0, 0.05) is 13.2 Å². The Hall–Kier alpha value is -1.43. The zero-order valence-corrected chi connectivity index (χ0v) is 8.82. The molecule has 0 radical (unpaired) electrons. The smallest absolute Gasteiger partial charge is 0.356 e. The van der Waals surface area contributed by atoms with Gasteiger partial charge < -0.3 is 9.67 Å². The number of aryl methyl sites for hydroxylation is 1. The minimum atomic E-state index is -1.07. The number of aromatic carboxylic acids is 1. The minimum absolute atomic E-state index is 0.0243. The van der Waals surface area contributed by atoms with Gasteiger partial charge in [-0.3, -0.25) is 0 Å². The quantitative estimate of drug-likeness (QED) is 0.837. The predicted octanol–water partition coefficient (Wildman–Crippen LogP) is 1.43. The highest BCUT2D eigenvalue weighted by Gasteiger charge is 2.14. The Morgan fingerprint density at radius 3 is 3.00 bits per heavy atom. The lowest BCUT2D eigenvalue weighted by Gasteiger charge is -1.96. The average molecular weight is 256 g/mol. The Morgan fingerprint density at radius 2 is 2.36 bits per heavy atom. The Labute approximate surface area is 87.5 Å². The van der Waals surface area contributed by atoms with E-state index in [1.165, 1.54) is 6.20 Å². The van der Waals surface area contributed by atoms with Gasteiger partial charge in [-0.15, -0.1) is 0 Å². The molecule has 0 unspecified atom stereocenters. The molecule has 72 valence electrons. The van der Waals surface area contributed by atoms with E-state index in [4.69, 9.17) is 5.11 Å². The van der Waals surface area contributed by atoms with E-state index in [9.17, 15) is 4.79 Å². The van der Waals surface area contributed by atoms with E-state index >= 15 is 0 Å². The lowest BCUT2D eigenvalue weighted by molar-refractivity contribution is 0.0692. The summed E-state index contributed by atoms with van der Waals surface area (Å²) in [5.41, 5.74) is 1.11. The second kappa shape index (κ2) is 3.06. The van der Waals surface area contributed by atoms with E-state index in [0.29, 0.717) is 10.3 Å². The van der Waals surface area contributed by atoms with E-state index in [0.717, 1.165) is 5.52 Å². The molecule has 14 heavy (non-hydrogen) atoms. The summed E-state index contributed by atoms with van der Waals surface area (Å²) >= 11 is 3.22. The summed E-state index contributed by atoms with van der Waals surface area (Å²) in [4.78, 5) is 18.6. The molecular formula is C8H6BrN3O2. The lowest BCUT2D eigenvalue weighted by atomic mass is 10.3. The summed E-state index contributed by atoms with van der Waals surface area (Å²) in [6, 6.07) is 1.72. The molecule has 0 saturated heterocycles. The number of carboxylic acid groups (broad SMARTS) is 1. The van der Waals surface area contributed by atoms with Gasteiger partial charge in [0.15, 0.2) is 10.4 Å². The molecule has 0 aliphatic carbocycles. The van der Waals surface area contributed by atoms with Crippen LogP contribution in [-0.2, 0) is 7.05 Å². The molecule has 1 N–H and O–H groups in total. The van der Waals surface area contributed by atoms with Crippen molar-refractivity contribution in [1.82, 2.24) is 14.5 Å². The van der Waals surface area contributed by atoms with Gasteiger partial charge in [0.2, 0.25) is 0 Å². The summed E-state index contributed by atoms with van der Waals surface area (Å²) in [5.74, 6) is -1.07. The molecule has 0 saturated carbocycles. The van der Waals surface area contributed by atoms with E-state index in [1.807, 2.05) is 0 Å². The number of carboxylic acids is 1. The number of pyridine rings is 1. The zero-order chi connectivity index (χ0) is 10.3. The Kier molecular flexibility index (Phi) is 1.99. The van der Waals surface area contributed by atoms with E-state index in [1.54, 1.807) is 17.7 Å². The highest BCUT2D eigenvalue weighted by atomic mass is 79.9. The zero-order valence-electron chi connectivity index (χ0n) is 7.23. The van der Waals surface area contributed by atoms with Gasteiger partial charge in [0.25, 0.3) is 0 Å². The molecular weight excluding hydrogens is 250 g/mol. The molecule has 6 heteroatoms. The van der Waals surface area contributed by atoms with Crippen molar-refractivity contribution in [3.05, 3.63) is 22.7 Å². The molecule has 0 bridgehead atoms. The van der Waals surface area contributed by atoms with Crippen molar-refractivity contribution in [2.45, 2.75) is 0 Å². The number of nitrogens with zero attached hydrogens (tertiary/aromatic N) is 3. The van der Waals surface area contributed by atoms with Crippen LogP contribution in [0, 0.1) is 0 Å². The second-order valence-electron chi connectivity index (χ2n) is 2.77. The SMILES string of the molecule is Cn1c(Br)nc2c(C(=O)O)nccc21. The molecule has 0 aliphatic heterocycles. The van der Waals surface area contributed by atoms with Crippen molar-refractivity contribution in [2.24, 2.45) is 7.05 Å². The maximum Gasteiger partial charge on any atom is 0.356 e. The van der Waals surface area contributed by atoms with Crippen LogP contribution in [-0.4, -0.2) is 25.6 Å². The number of aromatic nitrogens is 3. The molecule has 0 aliphatic rings. The number of halogens is 1. The Balaban J connectivity index is 2.88. The fourth-order valence-electron chi connectivity index (χ4n) is 1.25. The molecule has 2 aromatic heterocycles. The number of hydrogen-bond donors (Lipinski definition) is 1. The highest BCUT2D eigenvalue weighted by molar-refractivity contribution is 9.10. The Bertz CT molecular complexity index is 521. The van der Waals surface area contributed by atoms with Gasteiger partial charge >= 0.3 is 5.97 Å². The largest absolute Gasteiger partial charge is 0.476 e. The number of fused-ring (bicyclic) bond motifs is 1. The third-order valence-electron chi connectivity index (χ3n) is 1.95. The molecule has 2 rings (SSSR count). The van der Waals surface area contributed by atoms with E-state index in [2.05, 4.69) is 25.9 Å². The van der Waals surface area contributed by atoms with Crippen molar-refractivity contribution in [3.8, 4) is 0 Å². The molecule has 0 spiro atoms. The van der Waals surface area contributed by atoms with Crippen LogP contribution in [0.4, 0.5) is 0 Å². The minimum Gasteiger partial charge on any atom is -0.476 e. The van der Waals surface area contributed by atoms with Crippen LogP contribution in [0.15, 0.2) is 17.0 Å². The van der Waals surface area contributed by atoms with E-state index < -0.39 is 5.97 Å². The van der Waals surface area contributed by atoms with Gasteiger partial charge in [-0.2, -0.15) is 0 Å². The van der Waals surface area contributed by atoms with Gasteiger partial charge in [-0.05, 0) is 22.0 Å². The Morgan fingerprint density at radius 1 is 1.64 bits per heavy atom. The van der Waals surface area contributed by atoms with Crippen LogP contribution < -0.4 is 0 Å². The molecule has 0 atom stereocenters. The second-order valence-corrected chi connectivity index (χ2v) is 3.48. The van der Waals surface area contributed by atoms with Crippen molar-refractivity contribution in [2.75, 3.05) is 0 Å². The van der Waals surface area contributed by atoms with Crippen LogP contribution in [0.3, 0.4) is 0 Å². The first-order valence-corrected chi connectivity index (χ1v) is 4.61. The summed E-state index contributed by atoms with van der Waals surface area (Å²) in [5, 5.41) is 8.86. The molecule has 5 nitrogen and oxygen atoms in total. The molecule has 2 heterocycles. The number of rotatable bonds is 1. The molecule has 2 aromatic rings. The van der Waals surface area contributed by atoms with Gasteiger partial charge in [0.05, 0.1) is 5.52 Å². The first-order chi connectivity index (χ1) is 6.61. The summed E-state index contributed by atoms with van der Waals surface area (Å²) < 4.78 is 2.34. The molecule has 0 aromatic carbocycles. The lowest BCUT2D eigenvalue weighted by Crippen LogP contribution is -2.00. The third kappa shape index (κ3) is 1.19. The summed E-state index contributed by atoms with van der Waals surface area (Å²) in [6.07, 6.45) is 1.46. The predicted molar refractivity (Wildman–Crippen MR) is 53.2 cm³/mol.